The average Bonchev–Trinajstić information content (AvgIpc) is 2.55. The molecule has 0 aliphatic carbocycles. The van der Waals surface area contributed by atoms with Crippen molar-refractivity contribution in [3.8, 4) is 5.75 Å². The summed E-state index contributed by atoms with van der Waals surface area (Å²) in [5, 5.41) is 3.44. The molecule has 0 bridgehead atoms. The number of hydrogen-bond donors (Lipinski definition) is 1. The molecule has 2 aromatic rings. The van der Waals surface area contributed by atoms with E-state index in [4.69, 9.17) is 4.74 Å². The van der Waals surface area contributed by atoms with Crippen LogP contribution in [0.1, 0.15) is 23.5 Å². The van der Waals surface area contributed by atoms with Crippen molar-refractivity contribution in [2.45, 2.75) is 19.3 Å². The summed E-state index contributed by atoms with van der Waals surface area (Å²) in [6, 6.07) is 15.1. The first-order valence-corrected chi connectivity index (χ1v) is 7.88. The second-order valence-corrected chi connectivity index (χ2v) is 6.03. The Labute approximate surface area is 131 Å². The van der Waals surface area contributed by atoms with Crippen molar-refractivity contribution >= 4 is 0 Å². The third kappa shape index (κ3) is 3.66. The number of halogens is 1. The molecule has 2 atom stereocenters. The number of benzene rings is 2. The van der Waals surface area contributed by atoms with Crippen molar-refractivity contribution in [3.63, 3.8) is 0 Å². The van der Waals surface area contributed by atoms with Crippen LogP contribution in [0.3, 0.4) is 0 Å². The first-order valence-electron chi connectivity index (χ1n) is 7.88. The lowest BCUT2D eigenvalue weighted by atomic mass is 9.81. The number of piperidine rings is 1. The molecule has 1 aliphatic rings. The Morgan fingerprint density at radius 2 is 1.82 bits per heavy atom. The van der Waals surface area contributed by atoms with Gasteiger partial charge < -0.3 is 10.1 Å². The monoisotopic (exact) mass is 299 g/mol. The second kappa shape index (κ2) is 6.93. The topological polar surface area (TPSA) is 21.3 Å². The summed E-state index contributed by atoms with van der Waals surface area (Å²) in [5.41, 5.74) is 2.44. The Bertz CT molecular complexity index is 594. The lowest BCUT2D eigenvalue weighted by Gasteiger charge is -2.32. The van der Waals surface area contributed by atoms with Crippen molar-refractivity contribution < 1.29 is 9.13 Å². The molecule has 116 valence electrons. The summed E-state index contributed by atoms with van der Waals surface area (Å²) < 4.78 is 19.1. The largest absolute Gasteiger partial charge is 0.493 e. The summed E-state index contributed by atoms with van der Waals surface area (Å²) in [4.78, 5) is 0. The first-order chi connectivity index (χ1) is 10.7. The number of aryl methyl sites for hydroxylation is 1. The van der Waals surface area contributed by atoms with Crippen LogP contribution in [0.15, 0.2) is 48.5 Å². The Balaban J connectivity index is 1.67. The quantitative estimate of drug-likeness (QED) is 0.924. The molecule has 0 aromatic heterocycles. The van der Waals surface area contributed by atoms with Gasteiger partial charge in [0.15, 0.2) is 0 Å². The maximum atomic E-state index is 13.1. The van der Waals surface area contributed by atoms with Gasteiger partial charge in [-0.1, -0.05) is 29.8 Å². The molecule has 1 saturated heterocycles. The van der Waals surface area contributed by atoms with E-state index in [-0.39, 0.29) is 5.82 Å². The minimum absolute atomic E-state index is 0.176. The normalized spacial score (nSPS) is 21.5. The Morgan fingerprint density at radius 3 is 2.55 bits per heavy atom. The van der Waals surface area contributed by atoms with E-state index < -0.39 is 0 Å². The Hall–Kier alpha value is -1.87. The first kappa shape index (κ1) is 15.0. The Morgan fingerprint density at radius 1 is 1.09 bits per heavy atom. The van der Waals surface area contributed by atoms with Gasteiger partial charge in [0.1, 0.15) is 11.6 Å². The molecule has 1 fully saturated rings. The van der Waals surface area contributed by atoms with E-state index in [9.17, 15) is 4.39 Å². The SMILES string of the molecule is Cc1ccc(OC[C@H]2CNCC[C@@H]2c2ccc(F)cc2)cc1. The fourth-order valence-corrected chi connectivity index (χ4v) is 3.08. The number of hydrogen-bond acceptors (Lipinski definition) is 2. The number of nitrogens with one attached hydrogen (secondary N) is 1. The fraction of sp³-hybridized carbons (Fsp3) is 0.368. The third-order valence-electron chi connectivity index (χ3n) is 4.39. The molecule has 0 spiro atoms. The van der Waals surface area contributed by atoms with Gasteiger partial charge in [-0.25, -0.2) is 4.39 Å². The minimum atomic E-state index is -0.176. The fourth-order valence-electron chi connectivity index (χ4n) is 3.08. The van der Waals surface area contributed by atoms with Gasteiger partial charge >= 0.3 is 0 Å². The third-order valence-corrected chi connectivity index (χ3v) is 4.39. The van der Waals surface area contributed by atoms with E-state index in [2.05, 4.69) is 24.4 Å². The van der Waals surface area contributed by atoms with Crippen LogP contribution in [0.2, 0.25) is 0 Å². The summed E-state index contributed by atoms with van der Waals surface area (Å²) >= 11 is 0. The van der Waals surface area contributed by atoms with Gasteiger partial charge in [-0.2, -0.15) is 0 Å². The van der Waals surface area contributed by atoms with Gasteiger partial charge in [0, 0.05) is 12.5 Å². The van der Waals surface area contributed by atoms with E-state index in [1.54, 1.807) is 12.1 Å². The van der Waals surface area contributed by atoms with E-state index in [0.717, 1.165) is 25.3 Å². The molecular weight excluding hydrogens is 277 g/mol. The smallest absolute Gasteiger partial charge is 0.123 e. The highest BCUT2D eigenvalue weighted by Crippen LogP contribution is 2.31. The van der Waals surface area contributed by atoms with E-state index in [1.807, 2.05) is 24.3 Å². The highest BCUT2D eigenvalue weighted by molar-refractivity contribution is 5.26. The van der Waals surface area contributed by atoms with Crippen LogP contribution >= 0.6 is 0 Å². The molecule has 1 heterocycles. The van der Waals surface area contributed by atoms with Crippen LogP contribution in [-0.2, 0) is 0 Å². The van der Waals surface area contributed by atoms with Crippen LogP contribution in [0.4, 0.5) is 4.39 Å². The van der Waals surface area contributed by atoms with Crippen molar-refractivity contribution in [1.29, 1.82) is 0 Å². The number of ether oxygens (including phenoxy) is 1. The van der Waals surface area contributed by atoms with Crippen LogP contribution in [0, 0.1) is 18.7 Å². The second-order valence-electron chi connectivity index (χ2n) is 6.03. The highest BCUT2D eigenvalue weighted by atomic mass is 19.1. The van der Waals surface area contributed by atoms with Crippen LogP contribution in [0.25, 0.3) is 0 Å². The summed E-state index contributed by atoms with van der Waals surface area (Å²) in [6.45, 7) is 4.69. The van der Waals surface area contributed by atoms with Gasteiger partial charge in [-0.05, 0) is 55.6 Å². The predicted octanol–water partition coefficient (Wildman–Crippen LogP) is 3.91. The molecule has 0 amide bonds. The van der Waals surface area contributed by atoms with Crippen LogP contribution < -0.4 is 10.1 Å². The van der Waals surface area contributed by atoms with Gasteiger partial charge in [0.25, 0.3) is 0 Å². The molecule has 3 rings (SSSR count). The van der Waals surface area contributed by atoms with E-state index in [1.165, 1.54) is 11.1 Å². The van der Waals surface area contributed by atoms with Crippen molar-refractivity contribution in [2.75, 3.05) is 19.7 Å². The van der Waals surface area contributed by atoms with E-state index in [0.29, 0.717) is 18.4 Å². The summed E-state index contributed by atoms with van der Waals surface area (Å²) in [7, 11) is 0. The van der Waals surface area contributed by atoms with Gasteiger partial charge in [-0.3, -0.25) is 0 Å². The van der Waals surface area contributed by atoms with Gasteiger partial charge in [0.2, 0.25) is 0 Å². The molecule has 22 heavy (non-hydrogen) atoms. The number of rotatable bonds is 4. The molecule has 1 N–H and O–H groups in total. The molecular formula is C19H22FNO. The molecule has 1 aliphatic heterocycles. The van der Waals surface area contributed by atoms with Crippen molar-refractivity contribution in [1.82, 2.24) is 5.32 Å². The molecule has 0 saturated carbocycles. The van der Waals surface area contributed by atoms with Gasteiger partial charge in [0.05, 0.1) is 6.61 Å². The molecule has 0 radical (unpaired) electrons. The van der Waals surface area contributed by atoms with Crippen molar-refractivity contribution in [2.24, 2.45) is 5.92 Å². The zero-order valence-electron chi connectivity index (χ0n) is 12.9. The molecule has 2 nitrogen and oxygen atoms in total. The average molecular weight is 299 g/mol. The predicted molar refractivity (Wildman–Crippen MR) is 86.8 cm³/mol. The summed E-state index contributed by atoms with van der Waals surface area (Å²) in [6.07, 6.45) is 1.06. The standard InChI is InChI=1S/C19H22FNO/c1-14-2-8-18(9-3-14)22-13-16-12-21-11-10-19(16)15-4-6-17(20)7-5-15/h2-9,16,19,21H,10-13H2,1H3/t16-,19-/m1/s1. The molecule has 3 heteroatoms. The van der Waals surface area contributed by atoms with Crippen LogP contribution in [-0.4, -0.2) is 19.7 Å². The molecule has 2 aromatic carbocycles. The lowest BCUT2D eigenvalue weighted by Crippen LogP contribution is -2.38. The van der Waals surface area contributed by atoms with Gasteiger partial charge in [-0.15, -0.1) is 0 Å². The maximum Gasteiger partial charge on any atom is 0.123 e. The molecule has 0 unspecified atom stereocenters. The highest BCUT2D eigenvalue weighted by Gasteiger charge is 2.27. The zero-order chi connectivity index (χ0) is 15.4. The zero-order valence-corrected chi connectivity index (χ0v) is 12.9. The lowest BCUT2D eigenvalue weighted by molar-refractivity contribution is 0.197. The van der Waals surface area contributed by atoms with E-state index >= 15 is 0 Å². The van der Waals surface area contributed by atoms with Crippen molar-refractivity contribution in [3.05, 3.63) is 65.5 Å². The van der Waals surface area contributed by atoms with Crippen LogP contribution in [0.5, 0.6) is 5.75 Å². The minimum Gasteiger partial charge on any atom is -0.493 e. The Kier molecular flexibility index (Phi) is 4.74. The summed E-state index contributed by atoms with van der Waals surface area (Å²) in [5.74, 6) is 1.56. The maximum absolute atomic E-state index is 13.1.